The summed E-state index contributed by atoms with van der Waals surface area (Å²) in [5.41, 5.74) is 1.69. The van der Waals surface area contributed by atoms with Gasteiger partial charge in [0, 0.05) is 28.8 Å². The average Bonchev–Trinajstić information content (AvgIpc) is 2.88. The van der Waals surface area contributed by atoms with E-state index in [9.17, 15) is 27.5 Å². The number of aromatic nitrogens is 2. The van der Waals surface area contributed by atoms with Crippen molar-refractivity contribution in [2.24, 2.45) is 11.0 Å². The first kappa shape index (κ1) is 27.8. The summed E-state index contributed by atoms with van der Waals surface area (Å²) >= 11 is 9.57. The van der Waals surface area contributed by atoms with Crippen molar-refractivity contribution in [3.63, 3.8) is 0 Å². The van der Waals surface area contributed by atoms with Gasteiger partial charge in [0.05, 0.1) is 37.1 Å². The normalized spacial score (nSPS) is 20.5. The molecule has 1 saturated heterocycles. The van der Waals surface area contributed by atoms with E-state index < -0.39 is 40.5 Å². The molecule has 38 heavy (non-hydrogen) atoms. The molecule has 2 atom stereocenters. The predicted octanol–water partition coefficient (Wildman–Crippen LogP) is 4.84. The number of ether oxygens (including phenoxy) is 1. The van der Waals surface area contributed by atoms with Crippen LogP contribution in [0.5, 0.6) is 0 Å². The van der Waals surface area contributed by atoms with Crippen molar-refractivity contribution in [2.45, 2.75) is 11.6 Å². The maximum atomic E-state index is 14.2. The molecule has 15 heteroatoms. The number of hydrogen-bond acceptors (Lipinski definition) is 8. The molecule has 2 heterocycles. The lowest BCUT2D eigenvalue weighted by Gasteiger charge is -2.27. The van der Waals surface area contributed by atoms with Gasteiger partial charge in [-0.15, -0.1) is 11.6 Å². The number of carbonyl (C=O) groups is 1. The Kier molecular flexibility index (Phi) is 8.53. The Hall–Kier alpha value is -3.23. The summed E-state index contributed by atoms with van der Waals surface area (Å²) < 4.78 is 58.6. The third kappa shape index (κ3) is 6.42. The smallest absolute Gasteiger partial charge is 0.416 e. The van der Waals surface area contributed by atoms with Gasteiger partial charge in [0.2, 0.25) is 11.9 Å². The molecule has 0 bridgehead atoms. The largest absolute Gasteiger partial charge is 0.510 e. The van der Waals surface area contributed by atoms with E-state index in [0.29, 0.717) is 26.3 Å². The van der Waals surface area contributed by atoms with Crippen LogP contribution in [0.4, 0.5) is 35.0 Å². The number of hydrazone groups is 1. The second-order valence-electron chi connectivity index (χ2n) is 8.15. The van der Waals surface area contributed by atoms with Crippen molar-refractivity contribution >= 4 is 57.1 Å². The van der Waals surface area contributed by atoms with Crippen LogP contribution < -0.4 is 15.6 Å². The monoisotopic (exact) mass is 618 g/mol. The number of nitrogens with zero attached hydrogens (tertiary/aromatic N) is 4. The summed E-state index contributed by atoms with van der Waals surface area (Å²) in [6.45, 7) is 1.82. The van der Waals surface area contributed by atoms with Crippen molar-refractivity contribution in [3.05, 3.63) is 63.7 Å². The second kappa shape index (κ2) is 11.7. The number of halogens is 6. The first-order valence-electron chi connectivity index (χ1n) is 11.1. The Morgan fingerprint density at radius 1 is 1.32 bits per heavy atom. The van der Waals surface area contributed by atoms with Crippen LogP contribution in [0.2, 0.25) is 0 Å². The lowest BCUT2D eigenvalue weighted by Crippen LogP contribution is -2.37. The minimum absolute atomic E-state index is 0.00357. The van der Waals surface area contributed by atoms with Crippen LogP contribution in [0, 0.1) is 11.7 Å². The summed E-state index contributed by atoms with van der Waals surface area (Å²) in [5.74, 6) is -2.75. The molecule has 0 radical (unpaired) electrons. The van der Waals surface area contributed by atoms with Gasteiger partial charge in [-0.1, -0.05) is 22.0 Å². The molecule has 202 valence electrons. The van der Waals surface area contributed by atoms with Gasteiger partial charge < -0.3 is 20.1 Å². The highest BCUT2D eigenvalue weighted by atomic mass is 79.9. The van der Waals surface area contributed by atoms with Crippen LogP contribution in [-0.2, 0) is 15.7 Å². The molecule has 0 spiro atoms. The van der Waals surface area contributed by atoms with E-state index in [-0.39, 0.29) is 27.5 Å². The zero-order chi connectivity index (χ0) is 27.4. The standard InChI is InChI=1S/C23H20BrClF4N6O3/c24-15-8-12(10-31-34-22-30-11-16(26)20(33-22)35-4-6-38-7-5-35)19(36)18(25)17(15)21(37)32-14-3-1-2-13(9-14)23(27,28)29/h1-3,8-11,17-18,36H,4-7H2,(H,32,37)(H,30,33,34)/b31-10+. The number of aliphatic hydroxyl groups excluding tert-OH is 1. The van der Waals surface area contributed by atoms with Crippen molar-refractivity contribution < 1.29 is 32.2 Å². The van der Waals surface area contributed by atoms with Crippen molar-refractivity contribution in [3.8, 4) is 0 Å². The summed E-state index contributed by atoms with van der Waals surface area (Å²) in [7, 11) is 0. The van der Waals surface area contributed by atoms with E-state index in [0.717, 1.165) is 24.4 Å². The van der Waals surface area contributed by atoms with Gasteiger partial charge in [0.25, 0.3) is 0 Å². The predicted molar refractivity (Wildman–Crippen MR) is 137 cm³/mol. The van der Waals surface area contributed by atoms with Crippen molar-refractivity contribution in [1.82, 2.24) is 9.97 Å². The Balaban J connectivity index is 1.44. The SMILES string of the molecule is O=C(Nc1cccc(C(F)(F)F)c1)C1C(Br)=CC(/C=N/Nc2ncc(F)c(N3CCOCC3)n2)=C(O)C1Cl. The van der Waals surface area contributed by atoms with Gasteiger partial charge in [0.1, 0.15) is 11.1 Å². The maximum Gasteiger partial charge on any atom is 0.416 e. The summed E-state index contributed by atoms with van der Waals surface area (Å²) in [4.78, 5) is 22.5. The van der Waals surface area contributed by atoms with Gasteiger partial charge in [-0.25, -0.2) is 14.8 Å². The molecular weight excluding hydrogens is 600 g/mol. The van der Waals surface area contributed by atoms with Crippen molar-refractivity contribution in [1.29, 1.82) is 0 Å². The molecule has 1 aliphatic heterocycles. The first-order chi connectivity index (χ1) is 18.0. The Morgan fingerprint density at radius 2 is 2.05 bits per heavy atom. The number of carbonyl (C=O) groups excluding carboxylic acids is 1. The van der Waals surface area contributed by atoms with Crippen LogP contribution in [0.3, 0.4) is 0 Å². The molecule has 3 N–H and O–H groups in total. The van der Waals surface area contributed by atoms with Crippen LogP contribution in [0.15, 0.2) is 57.5 Å². The number of anilines is 3. The van der Waals surface area contributed by atoms with Gasteiger partial charge >= 0.3 is 6.18 Å². The molecular formula is C23H20BrClF4N6O3. The molecule has 0 saturated carbocycles. The number of benzene rings is 1. The highest BCUT2D eigenvalue weighted by Gasteiger charge is 2.37. The van der Waals surface area contributed by atoms with E-state index in [1.54, 1.807) is 4.90 Å². The number of morpholine rings is 1. The first-order valence-corrected chi connectivity index (χ1v) is 12.3. The maximum absolute atomic E-state index is 14.2. The molecule has 1 aromatic heterocycles. The number of rotatable bonds is 6. The van der Waals surface area contributed by atoms with Crippen molar-refractivity contribution in [2.75, 3.05) is 41.9 Å². The number of hydrogen-bond donors (Lipinski definition) is 3. The lowest BCUT2D eigenvalue weighted by atomic mass is 9.93. The van der Waals surface area contributed by atoms with Crippen LogP contribution >= 0.6 is 27.5 Å². The van der Waals surface area contributed by atoms with Crippen LogP contribution in [0.1, 0.15) is 5.56 Å². The fraction of sp³-hybridized carbons (Fsp3) is 0.304. The van der Waals surface area contributed by atoms with E-state index >= 15 is 0 Å². The topological polar surface area (TPSA) is 112 Å². The highest BCUT2D eigenvalue weighted by molar-refractivity contribution is 9.11. The number of aliphatic hydroxyl groups is 1. The molecule has 2 unspecified atom stereocenters. The zero-order valence-corrected chi connectivity index (χ0v) is 21.7. The van der Waals surface area contributed by atoms with Crippen LogP contribution in [0.25, 0.3) is 0 Å². The van der Waals surface area contributed by atoms with E-state index in [2.05, 4.69) is 41.7 Å². The Bertz CT molecular complexity index is 1300. The third-order valence-corrected chi connectivity index (χ3v) is 6.77. The highest BCUT2D eigenvalue weighted by Crippen LogP contribution is 2.36. The number of alkyl halides is 4. The quantitative estimate of drug-likeness (QED) is 0.184. The summed E-state index contributed by atoms with van der Waals surface area (Å²) in [6.07, 6.45) is -0.978. The third-order valence-electron chi connectivity index (χ3n) is 5.58. The molecule has 9 nitrogen and oxygen atoms in total. The van der Waals surface area contributed by atoms with Gasteiger partial charge in [-0.05, 0) is 24.3 Å². The Labute approximate surface area is 227 Å². The molecule has 1 aliphatic carbocycles. The average molecular weight is 620 g/mol. The summed E-state index contributed by atoms with van der Waals surface area (Å²) in [5, 5.41) is 15.7. The number of amides is 1. The van der Waals surface area contributed by atoms with E-state index in [1.807, 2.05) is 0 Å². The molecule has 4 rings (SSSR count). The Morgan fingerprint density at radius 3 is 2.76 bits per heavy atom. The second-order valence-corrected chi connectivity index (χ2v) is 9.54. The fourth-order valence-corrected chi connectivity index (χ4v) is 4.94. The zero-order valence-electron chi connectivity index (χ0n) is 19.3. The summed E-state index contributed by atoms with van der Waals surface area (Å²) in [6, 6.07) is 4.14. The molecule has 1 fully saturated rings. The molecule has 1 amide bonds. The number of allylic oxidation sites excluding steroid dienone is 3. The lowest BCUT2D eigenvalue weighted by molar-refractivity contribution is -0.137. The molecule has 2 aromatic rings. The van der Waals surface area contributed by atoms with Gasteiger partial charge in [-0.3, -0.25) is 4.79 Å². The van der Waals surface area contributed by atoms with Gasteiger partial charge in [0.15, 0.2) is 11.6 Å². The molecule has 1 aromatic carbocycles. The van der Waals surface area contributed by atoms with E-state index in [1.165, 1.54) is 18.4 Å². The number of nitrogens with one attached hydrogen (secondary N) is 2. The van der Waals surface area contributed by atoms with Crippen LogP contribution in [-0.4, -0.2) is 58.9 Å². The molecule has 2 aliphatic rings. The minimum atomic E-state index is -4.58. The van der Waals surface area contributed by atoms with Gasteiger partial charge in [-0.2, -0.15) is 23.3 Å². The fourth-order valence-electron chi connectivity index (χ4n) is 3.69. The minimum Gasteiger partial charge on any atom is -0.510 e. The van der Waals surface area contributed by atoms with E-state index in [4.69, 9.17) is 16.3 Å².